The van der Waals surface area contributed by atoms with E-state index < -0.39 is 10.0 Å². The van der Waals surface area contributed by atoms with Crippen LogP contribution in [0.5, 0.6) is 0 Å². The van der Waals surface area contributed by atoms with E-state index in [0.29, 0.717) is 24.8 Å². The second-order valence-electron chi connectivity index (χ2n) is 3.38. The molecule has 0 spiro atoms. The number of nitrogens with one attached hydrogen (secondary N) is 1. The molecule has 0 saturated carbocycles. The van der Waals surface area contributed by atoms with Crippen LogP contribution in [-0.4, -0.2) is 49.8 Å². The normalized spacial score (nSPS) is 22.9. The van der Waals surface area contributed by atoms with Crippen molar-refractivity contribution in [1.82, 2.24) is 4.72 Å². The Balaban J connectivity index is 2.22. The summed E-state index contributed by atoms with van der Waals surface area (Å²) < 4.78 is 25.5. The Hall–Kier alpha value is 0.570. The van der Waals surface area contributed by atoms with Crippen molar-refractivity contribution in [2.75, 3.05) is 36.1 Å². The second-order valence-corrected chi connectivity index (χ2v) is 7.86. The maximum absolute atomic E-state index is 11.4. The van der Waals surface area contributed by atoms with E-state index in [9.17, 15) is 8.42 Å². The van der Waals surface area contributed by atoms with Crippen molar-refractivity contribution >= 4 is 33.5 Å². The first-order valence-corrected chi connectivity index (χ1v) is 8.86. The van der Waals surface area contributed by atoms with Gasteiger partial charge in [0.25, 0.3) is 0 Å². The van der Waals surface area contributed by atoms with E-state index in [-0.39, 0.29) is 5.75 Å². The summed E-state index contributed by atoms with van der Waals surface area (Å²) >= 11 is 3.75. The minimum absolute atomic E-state index is 0.147. The molecule has 1 rings (SSSR count). The van der Waals surface area contributed by atoms with Gasteiger partial charge in [-0.25, -0.2) is 13.1 Å². The Kier molecular flexibility index (Phi) is 6.37. The molecule has 0 bridgehead atoms. The molecule has 1 unspecified atom stereocenters. The van der Waals surface area contributed by atoms with Gasteiger partial charge in [0.1, 0.15) is 0 Å². The highest BCUT2D eigenvalue weighted by Gasteiger charge is 2.17. The van der Waals surface area contributed by atoms with Gasteiger partial charge >= 0.3 is 0 Å². The molecule has 3 N–H and O–H groups in total. The summed E-state index contributed by atoms with van der Waals surface area (Å²) in [6.07, 6.45) is 0.530. The van der Waals surface area contributed by atoms with Crippen LogP contribution < -0.4 is 10.5 Å². The maximum Gasteiger partial charge on any atom is 0.211 e. The van der Waals surface area contributed by atoms with Crippen molar-refractivity contribution in [3.8, 4) is 0 Å². The van der Waals surface area contributed by atoms with Gasteiger partial charge < -0.3 is 5.73 Å². The van der Waals surface area contributed by atoms with Gasteiger partial charge in [0.2, 0.25) is 10.0 Å². The van der Waals surface area contributed by atoms with Crippen LogP contribution in [0, 0.1) is 0 Å². The molecule has 1 aliphatic rings. The summed E-state index contributed by atoms with van der Waals surface area (Å²) in [5, 5.41) is 0.427. The van der Waals surface area contributed by atoms with Gasteiger partial charge in [-0.3, -0.25) is 0 Å². The zero-order valence-electron chi connectivity index (χ0n) is 8.65. The fourth-order valence-corrected chi connectivity index (χ4v) is 5.08. The first-order valence-electron chi connectivity index (χ1n) is 5.01. The Morgan fingerprint density at radius 3 is 2.80 bits per heavy atom. The SMILES string of the molecule is NCCCS(=O)(=O)NCC1CSCCS1. The van der Waals surface area contributed by atoms with E-state index >= 15 is 0 Å². The fourth-order valence-electron chi connectivity index (χ4n) is 1.22. The van der Waals surface area contributed by atoms with Gasteiger partial charge in [-0.1, -0.05) is 0 Å². The number of sulfonamides is 1. The van der Waals surface area contributed by atoms with Crippen LogP contribution in [0.4, 0.5) is 0 Å². The Morgan fingerprint density at radius 1 is 1.40 bits per heavy atom. The molecule has 4 nitrogen and oxygen atoms in total. The van der Waals surface area contributed by atoms with Crippen molar-refractivity contribution in [3.63, 3.8) is 0 Å². The van der Waals surface area contributed by atoms with Gasteiger partial charge in [0, 0.05) is 29.1 Å². The largest absolute Gasteiger partial charge is 0.330 e. The van der Waals surface area contributed by atoms with Gasteiger partial charge in [-0.2, -0.15) is 23.5 Å². The molecule has 1 atom stereocenters. The third kappa shape index (κ3) is 6.01. The van der Waals surface area contributed by atoms with Crippen LogP contribution in [0.1, 0.15) is 6.42 Å². The smallest absolute Gasteiger partial charge is 0.211 e. The van der Waals surface area contributed by atoms with Crippen molar-refractivity contribution in [3.05, 3.63) is 0 Å². The maximum atomic E-state index is 11.4. The van der Waals surface area contributed by atoms with Crippen molar-refractivity contribution in [2.24, 2.45) is 5.73 Å². The Bertz CT molecular complexity index is 263. The number of hydrogen-bond donors (Lipinski definition) is 2. The van der Waals surface area contributed by atoms with Gasteiger partial charge in [-0.05, 0) is 13.0 Å². The van der Waals surface area contributed by atoms with Crippen LogP contribution in [0.2, 0.25) is 0 Å². The molecule has 15 heavy (non-hydrogen) atoms. The third-order valence-corrected chi connectivity index (χ3v) is 6.31. The predicted octanol–water partition coefficient (Wildman–Crippen LogP) is 0.103. The third-order valence-electron chi connectivity index (χ3n) is 2.03. The molecule has 1 aliphatic heterocycles. The molecule has 7 heteroatoms. The van der Waals surface area contributed by atoms with E-state index in [2.05, 4.69) is 4.72 Å². The summed E-state index contributed by atoms with van der Waals surface area (Å²) in [5.74, 6) is 3.50. The van der Waals surface area contributed by atoms with E-state index in [1.807, 2.05) is 23.5 Å². The van der Waals surface area contributed by atoms with E-state index in [1.165, 1.54) is 5.75 Å². The molecule has 0 aromatic rings. The number of nitrogens with two attached hydrogens (primary N) is 1. The van der Waals surface area contributed by atoms with E-state index in [1.54, 1.807) is 0 Å². The molecule has 90 valence electrons. The first-order chi connectivity index (χ1) is 7.14. The number of rotatable bonds is 6. The average molecular weight is 270 g/mol. The zero-order valence-corrected chi connectivity index (χ0v) is 11.1. The minimum atomic E-state index is -3.10. The van der Waals surface area contributed by atoms with E-state index in [4.69, 9.17) is 5.73 Å². The van der Waals surface area contributed by atoms with Gasteiger partial charge in [-0.15, -0.1) is 0 Å². The lowest BCUT2D eigenvalue weighted by molar-refractivity contribution is 0.579. The topological polar surface area (TPSA) is 72.2 Å². The fraction of sp³-hybridized carbons (Fsp3) is 1.00. The monoisotopic (exact) mass is 270 g/mol. The molecule has 0 aromatic heterocycles. The zero-order chi connectivity index (χ0) is 11.1. The minimum Gasteiger partial charge on any atom is -0.330 e. The molecule has 1 fully saturated rings. The molecule has 0 aliphatic carbocycles. The van der Waals surface area contributed by atoms with Crippen LogP contribution >= 0.6 is 23.5 Å². The van der Waals surface area contributed by atoms with Crippen molar-refractivity contribution in [1.29, 1.82) is 0 Å². The van der Waals surface area contributed by atoms with Gasteiger partial charge in [0.15, 0.2) is 0 Å². The Labute approximate surface area is 100 Å². The van der Waals surface area contributed by atoms with E-state index in [0.717, 1.165) is 11.5 Å². The molecule has 1 heterocycles. The average Bonchev–Trinajstić information content (AvgIpc) is 2.25. The summed E-state index contributed by atoms with van der Waals surface area (Å²) in [7, 11) is -3.10. The van der Waals surface area contributed by atoms with Crippen LogP contribution in [-0.2, 0) is 10.0 Å². The first kappa shape index (κ1) is 13.6. The molecular weight excluding hydrogens is 252 g/mol. The highest BCUT2D eigenvalue weighted by Crippen LogP contribution is 2.23. The molecule has 0 amide bonds. The number of thioether (sulfide) groups is 2. The summed E-state index contributed by atoms with van der Waals surface area (Å²) in [6.45, 7) is 0.986. The lowest BCUT2D eigenvalue weighted by atomic mass is 10.5. The molecular formula is C8H18N2O2S3. The lowest BCUT2D eigenvalue weighted by Crippen LogP contribution is -2.35. The quantitative estimate of drug-likeness (QED) is 0.716. The van der Waals surface area contributed by atoms with Crippen molar-refractivity contribution in [2.45, 2.75) is 11.7 Å². The van der Waals surface area contributed by atoms with Crippen LogP contribution in [0.25, 0.3) is 0 Å². The Morgan fingerprint density at radius 2 is 2.20 bits per heavy atom. The summed E-state index contributed by atoms with van der Waals surface area (Å²) in [4.78, 5) is 0. The number of hydrogen-bond acceptors (Lipinski definition) is 5. The summed E-state index contributed by atoms with van der Waals surface area (Å²) in [5.41, 5.74) is 5.27. The van der Waals surface area contributed by atoms with Gasteiger partial charge in [0.05, 0.1) is 5.75 Å². The van der Waals surface area contributed by atoms with Crippen LogP contribution in [0.3, 0.4) is 0 Å². The predicted molar refractivity (Wildman–Crippen MR) is 69.0 cm³/mol. The molecule has 0 aromatic carbocycles. The summed E-state index contributed by atoms with van der Waals surface area (Å²) in [6, 6.07) is 0. The molecule has 1 saturated heterocycles. The highest BCUT2D eigenvalue weighted by atomic mass is 32.2. The van der Waals surface area contributed by atoms with Crippen molar-refractivity contribution < 1.29 is 8.42 Å². The van der Waals surface area contributed by atoms with Crippen LogP contribution in [0.15, 0.2) is 0 Å². The molecule has 0 radical (unpaired) electrons. The standard InChI is InChI=1S/C8H18N2O2S3/c9-2-1-5-15(11,12)10-6-8-7-13-3-4-14-8/h8,10H,1-7,9H2. The second kappa shape index (κ2) is 7.01. The lowest BCUT2D eigenvalue weighted by Gasteiger charge is -2.21. The highest BCUT2D eigenvalue weighted by molar-refractivity contribution is 8.06.